The predicted molar refractivity (Wildman–Crippen MR) is 77.5 cm³/mol. The first kappa shape index (κ1) is 24.0. The number of rotatable bonds is 2. The Bertz CT molecular complexity index is 102. The minimum absolute atomic E-state index is 0.322. The molecule has 0 rings (SSSR count). The second-order valence-electron chi connectivity index (χ2n) is 3.29. The predicted octanol–water partition coefficient (Wildman–Crippen LogP) is 6.24. The number of allylic oxidation sites excluding steroid dienone is 3. The minimum Gasteiger partial charge on any atom is -0.103 e. The fourth-order valence-corrected chi connectivity index (χ4v) is 0.518. The van der Waals surface area contributed by atoms with Gasteiger partial charge in [0.15, 0.2) is 0 Å². The molecule has 0 aromatic rings. The Balaban J connectivity index is -0.0000000860. The van der Waals surface area contributed by atoms with Crippen LogP contribution in [0.3, 0.4) is 0 Å². The summed E-state index contributed by atoms with van der Waals surface area (Å²) in [5, 5.41) is 0. The normalized spacial score (nSPS) is 8.60. The van der Waals surface area contributed by atoms with Gasteiger partial charge in [0.05, 0.1) is 0 Å². The molecular formula is C15H34. The highest BCUT2D eigenvalue weighted by atomic mass is 14.1. The second kappa shape index (κ2) is 23.4. The summed E-state index contributed by atoms with van der Waals surface area (Å²) < 4.78 is 0. The first-order valence-corrected chi connectivity index (χ1v) is 6.35. The quantitative estimate of drug-likeness (QED) is 0.477. The fraction of sp³-hybridized carbons (Fsp3) is 0.733. The highest BCUT2D eigenvalue weighted by Gasteiger charge is 2.01. The topological polar surface area (TPSA) is 0 Å². The molecule has 94 valence electrons. The monoisotopic (exact) mass is 214 g/mol. The van der Waals surface area contributed by atoms with Crippen molar-refractivity contribution in [2.75, 3.05) is 0 Å². The van der Waals surface area contributed by atoms with Crippen molar-refractivity contribution in [2.45, 2.75) is 68.7 Å². The summed E-state index contributed by atoms with van der Waals surface area (Å²) in [6, 6.07) is 0. The van der Waals surface area contributed by atoms with Crippen molar-refractivity contribution in [3.05, 3.63) is 24.8 Å². The molecule has 0 aliphatic heterocycles. The molecule has 0 spiro atoms. The zero-order valence-electron chi connectivity index (χ0n) is 12.6. The van der Waals surface area contributed by atoms with E-state index in [1.165, 1.54) is 0 Å². The van der Waals surface area contributed by atoms with Crippen molar-refractivity contribution >= 4 is 0 Å². The summed E-state index contributed by atoms with van der Waals surface area (Å²) in [5.74, 6) is 0. The van der Waals surface area contributed by atoms with Crippen molar-refractivity contribution in [3.8, 4) is 0 Å². The van der Waals surface area contributed by atoms with Gasteiger partial charge in [-0.1, -0.05) is 80.5 Å². The molecule has 0 aliphatic rings. The van der Waals surface area contributed by atoms with Gasteiger partial charge in [0.25, 0.3) is 0 Å². The van der Waals surface area contributed by atoms with Crippen molar-refractivity contribution < 1.29 is 0 Å². The molecule has 0 atom stereocenters. The summed E-state index contributed by atoms with van der Waals surface area (Å²) in [6.45, 7) is 22.2. The van der Waals surface area contributed by atoms with E-state index in [4.69, 9.17) is 0 Å². The van der Waals surface area contributed by atoms with Crippen molar-refractivity contribution in [2.24, 2.45) is 5.41 Å². The summed E-state index contributed by atoms with van der Waals surface area (Å²) in [6.07, 6.45) is 7.24. The molecule has 0 aromatic carbocycles. The Morgan fingerprint density at radius 3 is 1.40 bits per heavy atom. The van der Waals surface area contributed by atoms with Gasteiger partial charge in [0, 0.05) is 0 Å². The lowest BCUT2D eigenvalue weighted by Crippen LogP contribution is -1.97. The van der Waals surface area contributed by atoms with Crippen LogP contribution in [0, 0.1) is 5.41 Å². The summed E-state index contributed by atoms with van der Waals surface area (Å²) in [4.78, 5) is 0. The van der Waals surface area contributed by atoms with Crippen LogP contribution in [0.2, 0.25) is 0 Å². The number of hydrogen-bond donors (Lipinski definition) is 0. The summed E-state index contributed by atoms with van der Waals surface area (Å²) >= 11 is 0. The maximum absolute atomic E-state index is 3.63. The Hall–Kier alpha value is -0.520. The van der Waals surface area contributed by atoms with E-state index in [1.54, 1.807) is 0 Å². The summed E-state index contributed by atoms with van der Waals surface area (Å²) in [7, 11) is 0. The lowest BCUT2D eigenvalue weighted by Gasteiger charge is -2.10. The molecule has 0 N–H and O–H groups in total. The first-order valence-electron chi connectivity index (χ1n) is 6.35. The lowest BCUT2D eigenvalue weighted by molar-refractivity contribution is 0.543. The summed E-state index contributed by atoms with van der Waals surface area (Å²) in [5.41, 5.74) is 0.322. The van der Waals surface area contributed by atoms with Gasteiger partial charge in [0.1, 0.15) is 0 Å². The van der Waals surface area contributed by atoms with Crippen LogP contribution in [0.1, 0.15) is 68.7 Å². The van der Waals surface area contributed by atoms with Gasteiger partial charge in [-0.05, 0) is 11.8 Å². The molecule has 0 saturated heterocycles. The van der Waals surface area contributed by atoms with E-state index in [2.05, 4.69) is 39.5 Å². The van der Waals surface area contributed by atoms with E-state index < -0.39 is 0 Å². The standard InChI is InChI=1S/C9H16.3C2H6/c1-5-6-7-8-9(2,3)4;3*1-2/h5,7-8H,1,6H2,2-4H3;3*1-2H3. The van der Waals surface area contributed by atoms with Gasteiger partial charge >= 0.3 is 0 Å². The van der Waals surface area contributed by atoms with Gasteiger partial charge in [-0.2, -0.15) is 0 Å². The van der Waals surface area contributed by atoms with Crippen LogP contribution < -0.4 is 0 Å². The molecule has 15 heavy (non-hydrogen) atoms. The second-order valence-corrected chi connectivity index (χ2v) is 3.29. The largest absolute Gasteiger partial charge is 0.103 e. The Morgan fingerprint density at radius 1 is 0.867 bits per heavy atom. The molecule has 0 radical (unpaired) electrons. The van der Waals surface area contributed by atoms with Crippen molar-refractivity contribution in [1.82, 2.24) is 0 Å². The lowest BCUT2D eigenvalue weighted by atomic mass is 9.96. The molecule has 0 saturated carbocycles. The van der Waals surface area contributed by atoms with Gasteiger partial charge in [-0.25, -0.2) is 0 Å². The van der Waals surface area contributed by atoms with Crippen LogP contribution in [0.15, 0.2) is 24.8 Å². The highest BCUT2D eigenvalue weighted by molar-refractivity contribution is 4.95. The molecule has 0 amide bonds. The third kappa shape index (κ3) is 59.2. The van der Waals surface area contributed by atoms with Crippen LogP contribution in [-0.2, 0) is 0 Å². The fourth-order valence-electron chi connectivity index (χ4n) is 0.518. The van der Waals surface area contributed by atoms with E-state index in [-0.39, 0.29) is 0 Å². The molecule has 0 aliphatic carbocycles. The SMILES string of the molecule is C=CCC=CC(C)(C)C.CC.CC.CC. The molecule has 0 heterocycles. The zero-order valence-corrected chi connectivity index (χ0v) is 12.6. The van der Waals surface area contributed by atoms with Crippen molar-refractivity contribution in [3.63, 3.8) is 0 Å². The third-order valence-electron chi connectivity index (χ3n) is 0.921. The van der Waals surface area contributed by atoms with Crippen LogP contribution in [0.5, 0.6) is 0 Å². The third-order valence-corrected chi connectivity index (χ3v) is 0.921. The Labute approximate surface area is 99.5 Å². The van der Waals surface area contributed by atoms with Crippen LogP contribution in [0.25, 0.3) is 0 Å². The average Bonchev–Trinajstić information content (AvgIpc) is 2.25. The van der Waals surface area contributed by atoms with E-state index in [0.29, 0.717) is 5.41 Å². The van der Waals surface area contributed by atoms with E-state index >= 15 is 0 Å². The first-order chi connectivity index (χ1) is 7.06. The van der Waals surface area contributed by atoms with Gasteiger partial charge in [-0.3, -0.25) is 0 Å². The zero-order chi connectivity index (χ0) is 13.3. The minimum atomic E-state index is 0.322. The van der Waals surface area contributed by atoms with Crippen LogP contribution >= 0.6 is 0 Å². The molecule has 0 unspecified atom stereocenters. The highest BCUT2D eigenvalue weighted by Crippen LogP contribution is 2.14. The molecule has 0 nitrogen and oxygen atoms in total. The van der Waals surface area contributed by atoms with Gasteiger partial charge in [-0.15, -0.1) is 6.58 Å². The van der Waals surface area contributed by atoms with Crippen LogP contribution in [-0.4, -0.2) is 0 Å². The van der Waals surface area contributed by atoms with E-state index in [1.807, 2.05) is 47.6 Å². The van der Waals surface area contributed by atoms with E-state index in [0.717, 1.165) is 6.42 Å². The maximum atomic E-state index is 3.63. The molecule has 0 bridgehead atoms. The maximum Gasteiger partial charge on any atom is -0.0172 e. The smallest absolute Gasteiger partial charge is 0.0172 e. The van der Waals surface area contributed by atoms with Crippen molar-refractivity contribution in [1.29, 1.82) is 0 Å². The molecular weight excluding hydrogens is 180 g/mol. The molecule has 0 fully saturated rings. The van der Waals surface area contributed by atoms with Gasteiger partial charge < -0.3 is 0 Å². The Kier molecular flexibility index (Phi) is 37.3. The van der Waals surface area contributed by atoms with E-state index in [9.17, 15) is 0 Å². The van der Waals surface area contributed by atoms with Gasteiger partial charge in [0.2, 0.25) is 0 Å². The number of hydrogen-bond acceptors (Lipinski definition) is 0. The van der Waals surface area contributed by atoms with Crippen LogP contribution in [0.4, 0.5) is 0 Å². The molecule has 0 aromatic heterocycles. The Morgan fingerprint density at radius 2 is 1.20 bits per heavy atom. The molecule has 0 heteroatoms. The average molecular weight is 214 g/mol.